The molecule has 0 radical (unpaired) electrons. The summed E-state index contributed by atoms with van der Waals surface area (Å²) in [6, 6.07) is 9.59. The molecule has 1 atom stereocenters. The summed E-state index contributed by atoms with van der Waals surface area (Å²) in [6.45, 7) is 5.44. The van der Waals surface area contributed by atoms with Crippen molar-refractivity contribution in [3.8, 4) is 0 Å². The second-order valence-corrected chi connectivity index (χ2v) is 7.42. The number of nitro benzene ring substituents is 1. The highest BCUT2D eigenvalue weighted by Gasteiger charge is 2.42. The van der Waals surface area contributed by atoms with Crippen LogP contribution in [0.4, 0.5) is 11.4 Å². The smallest absolute Gasteiger partial charge is 0.269 e. The van der Waals surface area contributed by atoms with Crippen LogP contribution in [0.25, 0.3) is 0 Å². The molecule has 1 N–H and O–H groups in total. The van der Waals surface area contributed by atoms with Crippen molar-refractivity contribution in [3.05, 3.63) is 69.3 Å². The number of hydrogen-bond acceptors (Lipinski definition) is 5. The molecule has 29 heavy (non-hydrogen) atoms. The average molecular weight is 395 g/mol. The van der Waals surface area contributed by atoms with Gasteiger partial charge in [-0.3, -0.25) is 29.4 Å². The lowest BCUT2D eigenvalue weighted by molar-refractivity contribution is -0.384. The van der Waals surface area contributed by atoms with Crippen LogP contribution in [0, 0.1) is 23.0 Å². The Morgan fingerprint density at radius 1 is 1.10 bits per heavy atom. The SMILES string of the molecule is Cc1cc([N+](=O)[O-])ccc1NC(=O)[C@@H](CC(C)C)N1C(=O)c2ccccc2C1=O. The number of aryl methyl sites for hydroxylation is 1. The standard InChI is InChI=1S/C21H21N3O5/c1-12(2)10-18(23-20(26)15-6-4-5-7-16(15)21(23)27)19(25)22-17-9-8-14(24(28)29)11-13(17)3/h4-9,11-12,18H,10H2,1-3H3,(H,22,25)/t18-/m1/s1. The van der Waals surface area contributed by atoms with Crippen molar-refractivity contribution in [2.24, 2.45) is 5.92 Å². The Labute approximate surface area is 167 Å². The van der Waals surface area contributed by atoms with Crippen LogP contribution >= 0.6 is 0 Å². The van der Waals surface area contributed by atoms with Crippen molar-refractivity contribution < 1.29 is 19.3 Å². The zero-order valence-electron chi connectivity index (χ0n) is 16.3. The molecule has 0 spiro atoms. The summed E-state index contributed by atoms with van der Waals surface area (Å²) < 4.78 is 0. The quantitative estimate of drug-likeness (QED) is 0.457. The van der Waals surface area contributed by atoms with Gasteiger partial charge in [0, 0.05) is 17.8 Å². The van der Waals surface area contributed by atoms with Gasteiger partial charge in [-0.25, -0.2) is 0 Å². The first-order chi connectivity index (χ1) is 13.7. The number of rotatable bonds is 6. The highest BCUT2D eigenvalue weighted by Crippen LogP contribution is 2.28. The van der Waals surface area contributed by atoms with E-state index in [1.807, 2.05) is 13.8 Å². The molecule has 0 unspecified atom stereocenters. The number of non-ortho nitro benzene ring substituents is 1. The van der Waals surface area contributed by atoms with Crippen molar-refractivity contribution in [2.45, 2.75) is 33.2 Å². The van der Waals surface area contributed by atoms with Crippen molar-refractivity contribution >= 4 is 29.1 Å². The second-order valence-electron chi connectivity index (χ2n) is 7.42. The molecule has 0 bridgehead atoms. The van der Waals surface area contributed by atoms with E-state index in [0.717, 1.165) is 4.90 Å². The van der Waals surface area contributed by atoms with Gasteiger partial charge in [0.05, 0.1) is 16.1 Å². The summed E-state index contributed by atoms with van der Waals surface area (Å²) in [5.74, 6) is -1.45. The maximum absolute atomic E-state index is 13.1. The molecule has 0 saturated heterocycles. The van der Waals surface area contributed by atoms with Gasteiger partial charge in [-0.2, -0.15) is 0 Å². The fraction of sp³-hybridized carbons (Fsp3) is 0.286. The Hall–Kier alpha value is -3.55. The number of hydrogen-bond donors (Lipinski definition) is 1. The van der Waals surface area contributed by atoms with Gasteiger partial charge in [0.25, 0.3) is 17.5 Å². The summed E-state index contributed by atoms with van der Waals surface area (Å²) in [5, 5.41) is 13.6. The van der Waals surface area contributed by atoms with E-state index in [-0.39, 0.29) is 22.7 Å². The van der Waals surface area contributed by atoms with Crippen LogP contribution in [0.1, 0.15) is 46.5 Å². The number of amides is 3. The summed E-state index contributed by atoms with van der Waals surface area (Å²) in [7, 11) is 0. The number of nitrogens with one attached hydrogen (secondary N) is 1. The second kappa shape index (κ2) is 7.83. The van der Waals surface area contributed by atoms with Crippen LogP contribution < -0.4 is 5.32 Å². The normalized spacial score (nSPS) is 14.1. The van der Waals surface area contributed by atoms with Crippen LogP contribution in [0.2, 0.25) is 0 Å². The van der Waals surface area contributed by atoms with E-state index in [2.05, 4.69) is 5.32 Å². The minimum absolute atomic E-state index is 0.0491. The van der Waals surface area contributed by atoms with Gasteiger partial charge in [0.2, 0.25) is 5.91 Å². The van der Waals surface area contributed by atoms with E-state index < -0.39 is 28.7 Å². The number of nitrogens with zero attached hydrogens (tertiary/aromatic N) is 2. The van der Waals surface area contributed by atoms with Crippen molar-refractivity contribution in [3.63, 3.8) is 0 Å². The highest BCUT2D eigenvalue weighted by atomic mass is 16.6. The van der Waals surface area contributed by atoms with Gasteiger partial charge in [0.15, 0.2) is 0 Å². The molecule has 1 aliphatic heterocycles. The molecule has 0 fully saturated rings. The zero-order chi connectivity index (χ0) is 21.3. The number of benzene rings is 2. The molecule has 2 aromatic rings. The molecule has 8 heteroatoms. The maximum atomic E-state index is 13.1. The molecule has 1 heterocycles. The van der Waals surface area contributed by atoms with Crippen LogP contribution in [0.3, 0.4) is 0 Å². The third-order valence-electron chi connectivity index (χ3n) is 4.81. The van der Waals surface area contributed by atoms with Gasteiger partial charge < -0.3 is 5.32 Å². The Morgan fingerprint density at radius 3 is 2.17 bits per heavy atom. The van der Waals surface area contributed by atoms with Crippen molar-refractivity contribution in [1.29, 1.82) is 0 Å². The van der Waals surface area contributed by atoms with Gasteiger partial charge in [-0.15, -0.1) is 0 Å². The fourth-order valence-corrected chi connectivity index (χ4v) is 3.38. The van der Waals surface area contributed by atoms with E-state index in [4.69, 9.17) is 0 Å². The Morgan fingerprint density at radius 2 is 1.69 bits per heavy atom. The number of anilines is 1. The Bertz CT molecular complexity index is 980. The van der Waals surface area contributed by atoms with Gasteiger partial charge in [-0.05, 0) is 43.0 Å². The van der Waals surface area contributed by atoms with E-state index in [1.54, 1.807) is 31.2 Å². The third kappa shape index (κ3) is 3.87. The van der Waals surface area contributed by atoms with E-state index in [1.165, 1.54) is 18.2 Å². The molecule has 150 valence electrons. The Kier molecular flexibility index (Phi) is 5.45. The number of carbonyl (C=O) groups is 3. The molecule has 3 amide bonds. The molecular formula is C21H21N3O5. The largest absolute Gasteiger partial charge is 0.324 e. The number of carbonyl (C=O) groups excluding carboxylic acids is 3. The molecule has 0 saturated carbocycles. The highest BCUT2D eigenvalue weighted by molar-refractivity contribution is 6.23. The zero-order valence-corrected chi connectivity index (χ0v) is 16.3. The number of nitro groups is 1. The van der Waals surface area contributed by atoms with E-state index in [0.29, 0.717) is 17.7 Å². The number of fused-ring (bicyclic) bond motifs is 1. The molecule has 0 aliphatic carbocycles. The summed E-state index contributed by atoms with van der Waals surface area (Å²) in [5.41, 5.74) is 1.39. The molecule has 3 rings (SSSR count). The number of imide groups is 1. The van der Waals surface area contributed by atoms with Crippen LogP contribution in [-0.4, -0.2) is 33.6 Å². The predicted molar refractivity (Wildman–Crippen MR) is 107 cm³/mol. The molecule has 2 aromatic carbocycles. The van der Waals surface area contributed by atoms with Gasteiger partial charge >= 0.3 is 0 Å². The average Bonchev–Trinajstić information content (AvgIpc) is 2.92. The lowest BCUT2D eigenvalue weighted by atomic mass is 10.0. The minimum atomic E-state index is -0.989. The third-order valence-corrected chi connectivity index (χ3v) is 4.81. The fourth-order valence-electron chi connectivity index (χ4n) is 3.38. The van der Waals surface area contributed by atoms with Crippen molar-refractivity contribution in [1.82, 2.24) is 4.90 Å². The summed E-state index contributed by atoms with van der Waals surface area (Å²) >= 11 is 0. The lowest BCUT2D eigenvalue weighted by Crippen LogP contribution is -2.48. The topological polar surface area (TPSA) is 110 Å². The first kappa shape index (κ1) is 20.2. The lowest BCUT2D eigenvalue weighted by Gasteiger charge is -2.27. The van der Waals surface area contributed by atoms with Gasteiger partial charge in [0.1, 0.15) is 6.04 Å². The summed E-state index contributed by atoms with van der Waals surface area (Å²) in [4.78, 5) is 50.1. The predicted octanol–water partition coefficient (Wildman–Crippen LogP) is 3.55. The van der Waals surface area contributed by atoms with Crippen molar-refractivity contribution in [2.75, 3.05) is 5.32 Å². The first-order valence-electron chi connectivity index (χ1n) is 9.23. The molecular weight excluding hydrogens is 374 g/mol. The maximum Gasteiger partial charge on any atom is 0.269 e. The summed E-state index contributed by atoms with van der Waals surface area (Å²) in [6.07, 6.45) is 0.295. The Balaban J connectivity index is 1.90. The molecule has 0 aromatic heterocycles. The monoisotopic (exact) mass is 395 g/mol. The van der Waals surface area contributed by atoms with E-state index >= 15 is 0 Å². The molecule has 8 nitrogen and oxygen atoms in total. The van der Waals surface area contributed by atoms with Crippen LogP contribution in [-0.2, 0) is 4.79 Å². The van der Waals surface area contributed by atoms with Crippen LogP contribution in [0.5, 0.6) is 0 Å². The van der Waals surface area contributed by atoms with Crippen LogP contribution in [0.15, 0.2) is 42.5 Å². The van der Waals surface area contributed by atoms with Gasteiger partial charge in [-0.1, -0.05) is 26.0 Å². The van der Waals surface area contributed by atoms with E-state index in [9.17, 15) is 24.5 Å². The first-order valence-corrected chi connectivity index (χ1v) is 9.23. The molecule has 1 aliphatic rings. The minimum Gasteiger partial charge on any atom is -0.324 e.